The monoisotopic (exact) mass is 296 g/mol. The van der Waals surface area contributed by atoms with E-state index in [4.69, 9.17) is 0 Å². The normalized spacial score (nSPS) is 21.6. The first kappa shape index (κ1) is 13.1. The summed E-state index contributed by atoms with van der Waals surface area (Å²) in [7, 11) is 0. The van der Waals surface area contributed by atoms with Gasteiger partial charge in [-0.2, -0.15) is 0 Å². The van der Waals surface area contributed by atoms with Gasteiger partial charge in [0.05, 0.1) is 0 Å². The molecule has 0 aromatic heterocycles. The maximum absolute atomic E-state index is 3.59. The molecule has 0 spiro atoms. The van der Waals surface area contributed by atoms with Gasteiger partial charge >= 0.3 is 0 Å². The molecular formula is C14H21BrN2. The minimum absolute atomic E-state index is 0.574. The molecule has 1 aromatic rings. The summed E-state index contributed by atoms with van der Waals surface area (Å²) in [5.41, 5.74) is 1.34. The zero-order valence-corrected chi connectivity index (χ0v) is 12.0. The number of hydrogen-bond acceptors (Lipinski definition) is 2. The quantitative estimate of drug-likeness (QED) is 0.873. The Morgan fingerprint density at radius 3 is 3.12 bits per heavy atom. The van der Waals surface area contributed by atoms with Gasteiger partial charge in [0.1, 0.15) is 0 Å². The maximum Gasteiger partial charge on any atom is 0.0208 e. The van der Waals surface area contributed by atoms with Crippen molar-refractivity contribution >= 4 is 15.9 Å². The average molecular weight is 297 g/mol. The fourth-order valence-electron chi connectivity index (χ4n) is 2.41. The van der Waals surface area contributed by atoms with Gasteiger partial charge in [-0.1, -0.05) is 28.1 Å². The number of benzene rings is 1. The van der Waals surface area contributed by atoms with Crippen LogP contribution in [0.1, 0.15) is 31.7 Å². The van der Waals surface area contributed by atoms with Crippen molar-refractivity contribution in [1.29, 1.82) is 0 Å². The summed E-state index contributed by atoms with van der Waals surface area (Å²) < 4.78 is 1.15. The maximum atomic E-state index is 3.59. The molecular weight excluding hydrogens is 276 g/mol. The lowest BCUT2D eigenvalue weighted by atomic mass is 10.1. The lowest BCUT2D eigenvalue weighted by Crippen LogP contribution is -2.33. The highest BCUT2D eigenvalue weighted by Crippen LogP contribution is 2.13. The summed E-state index contributed by atoms with van der Waals surface area (Å²) in [6, 6.07) is 9.79. The lowest BCUT2D eigenvalue weighted by Gasteiger charge is -2.18. The van der Waals surface area contributed by atoms with Gasteiger partial charge in [-0.05, 0) is 50.4 Å². The highest BCUT2D eigenvalue weighted by molar-refractivity contribution is 9.10. The predicted octanol–water partition coefficient (Wildman–Crippen LogP) is 3.07. The number of halogens is 1. The van der Waals surface area contributed by atoms with E-state index in [0.717, 1.165) is 17.1 Å². The Bertz CT molecular complexity index is 348. The van der Waals surface area contributed by atoms with Crippen molar-refractivity contribution < 1.29 is 0 Å². The largest absolute Gasteiger partial charge is 0.314 e. The van der Waals surface area contributed by atoms with Gasteiger partial charge in [0, 0.05) is 23.1 Å². The van der Waals surface area contributed by atoms with Gasteiger partial charge in [0.2, 0.25) is 0 Å². The van der Waals surface area contributed by atoms with Crippen LogP contribution in [-0.2, 0) is 6.54 Å². The molecule has 1 aliphatic rings. The van der Waals surface area contributed by atoms with E-state index in [1.165, 1.54) is 31.4 Å². The zero-order valence-electron chi connectivity index (χ0n) is 10.4. The van der Waals surface area contributed by atoms with E-state index in [1.807, 2.05) is 0 Å². The summed E-state index contributed by atoms with van der Waals surface area (Å²) in [6.45, 7) is 4.42. The summed E-state index contributed by atoms with van der Waals surface area (Å²) in [6.07, 6.45) is 3.90. The summed E-state index contributed by atoms with van der Waals surface area (Å²) in [5, 5.41) is 7.14. The first-order valence-corrected chi connectivity index (χ1v) is 7.24. The van der Waals surface area contributed by atoms with Crippen LogP contribution in [-0.4, -0.2) is 18.6 Å². The summed E-state index contributed by atoms with van der Waals surface area (Å²) >= 11 is 3.50. The minimum atomic E-state index is 0.574. The van der Waals surface area contributed by atoms with Gasteiger partial charge in [-0.25, -0.2) is 0 Å². The highest BCUT2D eigenvalue weighted by atomic mass is 79.9. The second-order valence-corrected chi connectivity index (χ2v) is 5.86. The Balaban J connectivity index is 1.73. The molecule has 2 N–H and O–H groups in total. The van der Waals surface area contributed by atoms with Gasteiger partial charge in [-0.15, -0.1) is 0 Å². The van der Waals surface area contributed by atoms with Crippen molar-refractivity contribution in [2.24, 2.45) is 0 Å². The molecule has 2 atom stereocenters. The van der Waals surface area contributed by atoms with Crippen LogP contribution in [0.25, 0.3) is 0 Å². The molecule has 0 aliphatic carbocycles. The van der Waals surface area contributed by atoms with E-state index >= 15 is 0 Å². The standard InChI is InChI=1S/C14H21BrN2/c1-11(8-14-6-3-7-16-14)17-10-12-4-2-5-13(15)9-12/h2,4-5,9,11,14,16-17H,3,6-8,10H2,1H3. The minimum Gasteiger partial charge on any atom is -0.314 e. The zero-order chi connectivity index (χ0) is 12.1. The third-order valence-corrected chi connectivity index (χ3v) is 3.84. The Morgan fingerprint density at radius 2 is 2.41 bits per heavy atom. The molecule has 17 heavy (non-hydrogen) atoms. The SMILES string of the molecule is CC(CC1CCCN1)NCc1cccc(Br)c1. The molecule has 0 radical (unpaired) electrons. The molecule has 0 saturated carbocycles. The predicted molar refractivity (Wildman–Crippen MR) is 76.1 cm³/mol. The third-order valence-electron chi connectivity index (χ3n) is 3.34. The van der Waals surface area contributed by atoms with Gasteiger partial charge < -0.3 is 10.6 Å². The molecule has 2 rings (SSSR count). The van der Waals surface area contributed by atoms with Crippen LogP contribution in [0.3, 0.4) is 0 Å². The van der Waals surface area contributed by atoms with Crippen molar-refractivity contribution in [2.75, 3.05) is 6.54 Å². The Kier molecular flexibility index (Phi) is 5.01. The van der Waals surface area contributed by atoms with Crippen molar-refractivity contribution in [3.05, 3.63) is 34.3 Å². The van der Waals surface area contributed by atoms with Crippen molar-refractivity contribution in [3.8, 4) is 0 Å². The highest BCUT2D eigenvalue weighted by Gasteiger charge is 2.16. The van der Waals surface area contributed by atoms with Crippen LogP contribution in [0.4, 0.5) is 0 Å². The van der Waals surface area contributed by atoms with Crippen LogP contribution in [0.15, 0.2) is 28.7 Å². The van der Waals surface area contributed by atoms with Crippen molar-refractivity contribution in [2.45, 2.75) is 44.8 Å². The first-order chi connectivity index (χ1) is 8.24. The first-order valence-electron chi connectivity index (χ1n) is 6.45. The molecule has 94 valence electrons. The van der Waals surface area contributed by atoms with Crippen LogP contribution in [0.5, 0.6) is 0 Å². The van der Waals surface area contributed by atoms with E-state index in [9.17, 15) is 0 Å². The molecule has 1 heterocycles. The van der Waals surface area contributed by atoms with Gasteiger partial charge in [0.15, 0.2) is 0 Å². The smallest absolute Gasteiger partial charge is 0.0208 e. The van der Waals surface area contributed by atoms with Gasteiger partial charge in [0.25, 0.3) is 0 Å². The van der Waals surface area contributed by atoms with Crippen molar-refractivity contribution in [3.63, 3.8) is 0 Å². The molecule has 2 unspecified atom stereocenters. The fraction of sp³-hybridized carbons (Fsp3) is 0.571. The van der Waals surface area contributed by atoms with Crippen LogP contribution >= 0.6 is 15.9 Å². The second-order valence-electron chi connectivity index (χ2n) is 4.94. The van der Waals surface area contributed by atoms with E-state index in [1.54, 1.807) is 0 Å². The summed E-state index contributed by atoms with van der Waals surface area (Å²) in [5.74, 6) is 0. The molecule has 1 aliphatic heterocycles. The topological polar surface area (TPSA) is 24.1 Å². The van der Waals surface area contributed by atoms with Crippen molar-refractivity contribution in [1.82, 2.24) is 10.6 Å². The molecule has 0 bridgehead atoms. The Morgan fingerprint density at radius 1 is 1.53 bits per heavy atom. The fourth-order valence-corrected chi connectivity index (χ4v) is 2.85. The number of rotatable bonds is 5. The Hall–Kier alpha value is -0.380. The second kappa shape index (κ2) is 6.53. The lowest BCUT2D eigenvalue weighted by molar-refractivity contribution is 0.440. The molecule has 2 nitrogen and oxygen atoms in total. The van der Waals surface area contributed by atoms with Crippen LogP contribution in [0.2, 0.25) is 0 Å². The van der Waals surface area contributed by atoms with Crippen LogP contribution in [0, 0.1) is 0 Å². The number of nitrogens with one attached hydrogen (secondary N) is 2. The molecule has 1 fully saturated rings. The third kappa shape index (κ3) is 4.41. The molecule has 1 aromatic carbocycles. The van der Waals surface area contributed by atoms with E-state index in [0.29, 0.717) is 6.04 Å². The van der Waals surface area contributed by atoms with E-state index < -0.39 is 0 Å². The number of hydrogen-bond donors (Lipinski definition) is 2. The molecule has 3 heteroatoms. The molecule has 0 amide bonds. The molecule has 1 saturated heterocycles. The average Bonchev–Trinajstić information content (AvgIpc) is 2.79. The summed E-state index contributed by atoms with van der Waals surface area (Å²) in [4.78, 5) is 0. The Labute approximate surface area is 112 Å². The van der Waals surface area contributed by atoms with E-state index in [2.05, 4.69) is 57.8 Å². The van der Waals surface area contributed by atoms with Crippen LogP contribution < -0.4 is 10.6 Å². The van der Waals surface area contributed by atoms with E-state index in [-0.39, 0.29) is 0 Å². The van der Waals surface area contributed by atoms with Gasteiger partial charge in [-0.3, -0.25) is 0 Å².